The van der Waals surface area contributed by atoms with Crippen LogP contribution in [0.1, 0.15) is 27.7 Å². The van der Waals surface area contributed by atoms with Crippen LogP contribution in [0.2, 0.25) is 0 Å². The van der Waals surface area contributed by atoms with Crippen molar-refractivity contribution in [3.05, 3.63) is 63.8 Å². The first-order chi connectivity index (χ1) is 11.6. The summed E-state index contributed by atoms with van der Waals surface area (Å²) in [4.78, 5) is 33.6. The van der Waals surface area contributed by atoms with Crippen molar-refractivity contribution in [1.82, 2.24) is 14.9 Å². The van der Waals surface area contributed by atoms with Gasteiger partial charge in [0, 0.05) is 49.6 Å². The molecule has 3 heterocycles. The van der Waals surface area contributed by atoms with Gasteiger partial charge in [-0.15, -0.1) is 0 Å². The van der Waals surface area contributed by atoms with E-state index < -0.39 is 0 Å². The van der Waals surface area contributed by atoms with E-state index in [-0.39, 0.29) is 28.9 Å². The van der Waals surface area contributed by atoms with Gasteiger partial charge in [0.1, 0.15) is 5.56 Å². The Labute approximate surface area is 140 Å². The van der Waals surface area contributed by atoms with E-state index in [0.29, 0.717) is 19.7 Å². The Morgan fingerprint density at radius 2 is 2.17 bits per heavy atom. The van der Waals surface area contributed by atoms with E-state index in [9.17, 15) is 9.59 Å². The highest BCUT2D eigenvalue weighted by Gasteiger charge is 2.37. The number of rotatable bonds is 4. The van der Waals surface area contributed by atoms with Gasteiger partial charge in [-0.3, -0.25) is 14.6 Å². The van der Waals surface area contributed by atoms with Gasteiger partial charge in [-0.25, -0.2) is 0 Å². The number of aryl methyl sites for hydroxylation is 1. The van der Waals surface area contributed by atoms with Crippen molar-refractivity contribution in [2.45, 2.75) is 12.8 Å². The fourth-order valence-corrected chi connectivity index (χ4v) is 3.26. The molecule has 1 saturated heterocycles. The molecule has 0 saturated carbocycles. The Hall–Kier alpha value is -2.47. The molecule has 2 aromatic heterocycles. The Morgan fingerprint density at radius 1 is 1.33 bits per heavy atom. The number of likely N-dealkylation sites (tertiary alicyclic amines) is 1. The van der Waals surface area contributed by atoms with Crippen LogP contribution in [0.4, 0.5) is 0 Å². The van der Waals surface area contributed by atoms with Crippen molar-refractivity contribution in [2.75, 3.05) is 26.8 Å². The number of hydrogen-bond acceptors (Lipinski definition) is 4. The molecule has 0 spiro atoms. The average molecular weight is 327 g/mol. The van der Waals surface area contributed by atoms with Crippen LogP contribution in [-0.4, -0.2) is 47.6 Å². The molecule has 1 fully saturated rings. The maximum atomic E-state index is 12.8. The Kier molecular flexibility index (Phi) is 4.76. The average Bonchev–Trinajstić information content (AvgIpc) is 2.99. The van der Waals surface area contributed by atoms with Gasteiger partial charge in [0.2, 0.25) is 0 Å². The summed E-state index contributed by atoms with van der Waals surface area (Å²) in [6, 6.07) is 9.13. The number of H-pyrrole nitrogens is 1. The maximum absolute atomic E-state index is 12.8. The lowest BCUT2D eigenvalue weighted by molar-refractivity contribution is 0.0773. The molecular formula is C18H21N3O3. The van der Waals surface area contributed by atoms with Gasteiger partial charge in [0.25, 0.3) is 11.5 Å². The molecule has 0 aliphatic carbocycles. The number of methoxy groups -OCH3 is 1. The Bertz CT molecular complexity index is 773. The number of aromatic amines is 1. The van der Waals surface area contributed by atoms with Crippen LogP contribution in [-0.2, 0) is 4.74 Å². The number of nitrogens with zero attached hydrogens (tertiary/aromatic N) is 2. The number of nitrogens with one attached hydrogen (secondary N) is 1. The predicted octanol–water partition coefficient (Wildman–Crippen LogP) is 1.58. The number of ether oxygens (including phenoxy) is 1. The van der Waals surface area contributed by atoms with Crippen molar-refractivity contribution < 1.29 is 9.53 Å². The Balaban J connectivity index is 1.84. The lowest BCUT2D eigenvalue weighted by atomic mass is 9.93. The molecule has 2 atom stereocenters. The molecule has 0 bridgehead atoms. The smallest absolute Gasteiger partial charge is 0.260 e. The van der Waals surface area contributed by atoms with E-state index in [1.807, 2.05) is 18.2 Å². The topological polar surface area (TPSA) is 75.3 Å². The van der Waals surface area contributed by atoms with E-state index in [0.717, 1.165) is 11.4 Å². The van der Waals surface area contributed by atoms with Crippen LogP contribution >= 0.6 is 0 Å². The molecule has 3 rings (SSSR count). The maximum Gasteiger partial charge on any atom is 0.260 e. The largest absolute Gasteiger partial charge is 0.384 e. The molecule has 1 N–H and O–H groups in total. The molecule has 0 radical (unpaired) electrons. The van der Waals surface area contributed by atoms with Gasteiger partial charge < -0.3 is 14.6 Å². The highest BCUT2D eigenvalue weighted by molar-refractivity contribution is 5.94. The molecule has 6 nitrogen and oxygen atoms in total. The number of carbonyl (C=O) groups is 1. The predicted molar refractivity (Wildman–Crippen MR) is 90.0 cm³/mol. The molecule has 1 aliphatic rings. The highest BCUT2D eigenvalue weighted by Crippen LogP contribution is 2.32. The third kappa shape index (κ3) is 3.23. The fraction of sp³-hybridized carbons (Fsp3) is 0.389. The van der Waals surface area contributed by atoms with Crippen LogP contribution in [0, 0.1) is 12.8 Å². The summed E-state index contributed by atoms with van der Waals surface area (Å²) in [6.45, 7) is 3.44. The van der Waals surface area contributed by atoms with Crippen molar-refractivity contribution >= 4 is 5.91 Å². The SMILES string of the molecule is COC[C@@H]1CN(C(=O)c2ccc(C)[nH]c2=O)C[C@H]1c1ccccn1. The van der Waals surface area contributed by atoms with Crippen LogP contribution in [0.25, 0.3) is 0 Å². The molecule has 126 valence electrons. The number of hydrogen-bond donors (Lipinski definition) is 1. The highest BCUT2D eigenvalue weighted by atomic mass is 16.5. The van der Waals surface area contributed by atoms with Gasteiger partial charge in [-0.2, -0.15) is 0 Å². The molecule has 0 unspecified atom stereocenters. The zero-order valence-electron chi connectivity index (χ0n) is 13.9. The number of amides is 1. The second kappa shape index (κ2) is 6.97. The molecule has 1 amide bonds. The fourth-order valence-electron chi connectivity index (χ4n) is 3.26. The number of pyridine rings is 2. The van der Waals surface area contributed by atoms with E-state index >= 15 is 0 Å². The lowest BCUT2D eigenvalue weighted by Crippen LogP contribution is -2.33. The summed E-state index contributed by atoms with van der Waals surface area (Å²) < 4.78 is 5.32. The van der Waals surface area contributed by atoms with Crippen LogP contribution in [0.5, 0.6) is 0 Å². The van der Waals surface area contributed by atoms with Crippen molar-refractivity contribution in [3.63, 3.8) is 0 Å². The zero-order chi connectivity index (χ0) is 17.1. The van der Waals surface area contributed by atoms with Crippen LogP contribution in [0.15, 0.2) is 41.3 Å². The second-order valence-corrected chi connectivity index (χ2v) is 6.17. The summed E-state index contributed by atoms with van der Waals surface area (Å²) in [5.74, 6) is 0.0359. The minimum Gasteiger partial charge on any atom is -0.384 e. The molecular weight excluding hydrogens is 306 g/mol. The summed E-state index contributed by atoms with van der Waals surface area (Å²) >= 11 is 0. The van der Waals surface area contributed by atoms with Crippen LogP contribution < -0.4 is 5.56 Å². The second-order valence-electron chi connectivity index (χ2n) is 6.17. The summed E-state index contributed by atoms with van der Waals surface area (Å²) in [6.07, 6.45) is 1.76. The minimum absolute atomic E-state index is 0.111. The van der Waals surface area contributed by atoms with Gasteiger partial charge in [0.15, 0.2) is 0 Å². The van der Waals surface area contributed by atoms with Crippen molar-refractivity contribution in [1.29, 1.82) is 0 Å². The molecule has 6 heteroatoms. The normalized spacial score (nSPS) is 20.3. The number of carbonyl (C=O) groups excluding carboxylic acids is 1. The van der Waals surface area contributed by atoms with E-state index in [1.165, 1.54) is 0 Å². The number of aromatic nitrogens is 2. The van der Waals surface area contributed by atoms with Crippen molar-refractivity contribution in [2.24, 2.45) is 5.92 Å². The van der Waals surface area contributed by atoms with Gasteiger partial charge in [0.05, 0.1) is 6.61 Å². The molecule has 2 aromatic rings. The third-order valence-electron chi connectivity index (χ3n) is 4.46. The van der Waals surface area contributed by atoms with Gasteiger partial charge >= 0.3 is 0 Å². The first-order valence-electron chi connectivity index (χ1n) is 7.99. The lowest BCUT2D eigenvalue weighted by Gasteiger charge is -2.16. The molecule has 0 aromatic carbocycles. The minimum atomic E-state index is -0.343. The summed E-state index contributed by atoms with van der Waals surface area (Å²) in [7, 11) is 1.66. The zero-order valence-corrected chi connectivity index (χ0v) is 13.9. The standard InChI is InChI=1S/C18H21N3O3/c1-12-6-7-14(17(22)20-12)18(23)21-9-13(11-24-2)15(10-21)16-5-3-4-8-19-16/h3-8,13,15H,9-11H2,1-2H3,(H,20,22)/t13-,15+/m0/s1. The summed E-state index contributed by atoms with van der Waals surface area (Å²) in [5.41, 5.74) is 1.53. The van der Waals surface area contributed by atoms with E-state index in [2.05, 4.69) is 9.97 Å². The van der Waals surface area contributed by atoms with Crippen molar-refractivity contribution in [3.8, 4) is 0 Å². The third-order valence-corrected chi connectivity index (χ3v) is 4.46. The van der Waals surface area contributed by atoms with E-state index in [4.69, 9.17) is 4.74 Å². The summed E-state index contributed by atoms with van der Waals surface area (Å²) in [5, 5.41) is 0. The molecule has 24 heavy (non-hydrogen) atoms. The quantitative estimate of drug-likeness (QED) is 0.925. The first-order valence-corrected chi connectivity index (χ1v) is 7.99. The Morgan fingerprint density at radius 3 is 2.83 bits per heavy atom. The monoisotopic (exact) mass is 327 g/mol. The first kappa shape index (κ1) is 16.4. The van der Waals surface area contributed by atoms with E-state index in [1.54, 1.807) is 37.3 Å². The van der Waals surface area contributed by atoms with Gasteiger partial charge in [-0.1, -0.05) is 6.07 Å². The van der Waals surface area contributed by atoms with Gasteiger partial charge in [-0.05, 0) is 31.2 Å². The van der Waals surface area contributed by atoms with Crippen LogP contribution in [0.3, 0.4) is 0 Å². The molecule has 1 aliphatic heterocycles.